The van der Waals surface area contributed by atoms with E-state index >= 15 is 0 Å². The van der Waals surface area contributed by atoms with Crippen LogP contribution in [0.5, 0.6) is 0 Å². The van der Waals surface area contributed by atoms with E-state index in [0.717, 1.165) is 5.69 Å². The molecule has 23 heavy (non-hydrogen) atoms. The number of anilines is 2. The Labute approximate surface area is 145 Å². The maximum Gasteiger partial charge on any atom is 0.231 e. The summed E-state index contributed by atoms with van der Waals surface area (Å²) in [5, 5.41) is 7.00. The Bertz CT molecular complexity index is 634. The molecule has 130 valence electrons. The number of nitrogens with zero attached hydrogens (tertiary/aromatic N) is 1. The molecule has 0 saturated carbocycles. The van der Waals surface area contributed by atoms with Crippen molar-refractivity contribution in [1.82, 2.24) is 5.32 Å². The van der Waals surface area contributed by atoms with E-state index in [1.54, 1.807) is 18.2 Å². The van der Waals surface area contributed by atoms with Gasteiger partial charge in [0, 0.05) is 18.8 Å². The van der Waals surface area contributed by atoms with Gasteiger partial charge in [-0.25, -0.2) is 8.42 Å². The van der Waals surface area contributed by atoms with E-state index in [-0.39, 0.29) is 6.04 Å². The number of hydrogen-bond acceptors (Lipinski definition) is 3. The first-order chi connectivity index (χ1) is 10.5. The largest absolute Gasteiger partial charge is 0.359 e. The molecule has 7 heteroatoms. The molecule has 0 unspecified atom stereocenters. The van der Waals surface area contributed by atoms with E-state index in [9.17, 15) is 8.42 Å². The SMILES string of the molecule is CC(C)C(NC(=S)Nc1cccc(N(C)S(C)(=O)=O)c1)C(C)C. The van der Waals surface area contributed by atoms with Gasteiger partial charge < -0.3 is 10.6 Å². The van der Waals surface area contributed by atoms with Crippen LogP contribution in [0.4, 0.5) is 11.4 Å². The van der Waals surface area contributed by atoms with Crippen molar-refractivity contribution in [2.45, 2.75) is 33.7 Å². The Hall–Kier alpha value is -1.34. The number of nitrogens with one attached hydrogen (secondary N) is 2. The molecule has 2 N–H and O–H groups in total. The maximum atomic E-state index is 11.6. The van der Waals surface area contributed by atoms with Crippen molar-refractivity contribution in [2.24, 2.45) is 11.8 Å². The van der Waals surface area contributed by atoms with Gasteiger partial charge >= 0.3 is 0 Å². The molecule has 1 aromatic rings. The van der Waals surface area contributed by atoms with Gasteiger partial charge in [-0.15, -0.1) is 0 Å². The van der Waals surface area contributed by atoms with Gasteiger partial charge in [0.15, 0.2) is 5.11 Å². The first-order valence-corrected chi connectivity index (χ1v) is 9.89. The highest BCUT2D eigenvalue weighted by Crippen LogP contribution is 2.20. The number of hydrogen-bond donors (Lipinski definition) is 2. The molecule has 0 spiro atoms. The zero-order chi connectivity index (χ0) is 17.8. The van der Waals surface area contributed by atoms with E-state index in [1.165, 1.54) is 17.6 Å². The predicted molar refractivity (Wildman–Crippen MR) is 103 cm³/mol. The Kier molecular flexibility index (Phi) is 6.83. The van der Waals surface area contributed by atoms with Crippen LogP contribution in [0.25, 0.3) is 0 Å². The molecule has 0 aliphatic carbocycles. The van der Waals surface area contributed by atoms with Gasteiger partial charge in [-0.3, -0.25) is 4.31 Å². The first-order valence-electron chi connectivity index (χ1n) is 7.64. The minimum absolute atomic E-state index is 0.275. The average Bonchev–Trinajstić information content (AvgIpc) is 2.42. The summed E-state index contributed by atoms with van der Waals surface area (Å²) in [5.74, 6) is 0.912. The number of thiocarbonyl (C=S) groups is 1. The van der Waals surface area contributed by atoms with Crippen LogP contribution in [0.3, 0.4) is 0 Å². The quantitative estimate of drug-likeness (QED) is 0.766. The van der Waals surface area contributed by atoms with Crippen molar-refractivity contribution in [3.8, 4) is 0 Å². The molecule has 0 aliphatic rings. The van der Waals surface area contributed by atoms with Crippen LogP contribution in [-0.4, -0.2) is 32.9 Å². The number of sulfonamides is 1. The van der Waals surface area contributed by atoms with Crippen LogP contribution in [0, 0.1) is 11.8 Å². The Morgan fingerprint density at radius 3 is 2.22 bits per heavy atom. The van der Waals surface area contributed by atoms with Crippen LogP contribution in [0.1, 0.15) is 27.7 Å². The van der Waals surface area contributed by atoms with E-state index in [4.69, 9.17) is 12.2 Å². The second-order valence-corrected chi connectivity index (χ2v) is 8.82. The minimum Gasteiger partial charge on any atom is -0.359 e. The van der Waals surface area contributed by atoms with Crippen LogP contribution >= 0.6 is 12.2 Å². The first kappa shape index (κ1) is 19.7. The summed E-state index contributed by atoms with van der Waals surface area (Å²) in [6, 6.07) is 7.43. The fourth-order valence-electron chi connectivity index (χ4n) is 2.39. The summed E-state index contributed by atoms with van der Waals surface area (Å²) < 4.78 is 24.5. The van der Waals surface area contributed by atoms with Crippen molar-refractivity contribution < 1.29 is 8.42 Å². The Morgan fingerprint density at radius 1 is 1.17 bits per heavy atom. The Balaban J connectivity index is 2.84. The van der Waals surface area contributed by atoms with Crippen molar-refractivity contribution in [3.05, 3.63) is 24.3 Å². The molecule has 5 nitrogen and oxygen atoms in total. The van der Waals surface area contributed by atoms with Crippen LogP contribution in [0.15, 0.2) is 24.3 Å². The van der Waals surface area contributed by atoms with Gasteiger partial charge in [-0.2, -0.15) is 0 Å². The van der Waals surface area contributed by atoms with Crippen LogP contribution in [0.2, 0.25) is 0 Å². The molecule has 0 saturated heterocycles. The lowest BCUT2D eigenvalue weighted by molar-refractivity contribution is 0.356. The molecule has 0 fully saturated rings. The van der Waals surface area contributed by atoms with E-state index < -0.39 is 10.0 Å². The summed E-state index contributed by atoms with van der Waals surface area (Å²) in [5.41, 5.74) is 1.34. The molecule has 0 amide bonds. The Morgan fingerprint density at radius 2 is 1.74 bits per heavy atom. The van der Waals surface area contributed by atoms with Gasteiger partial charge in [-0.1, -0.05) is 33.8 Å². The molecule has 1 aromatic carbocycles. The third-order valence-electron chi connectivity index (χ3n) is 3.70. The molecule has 0 radical (unpaired) electrons. The number of benzene rings is 1. The lowest BCUT2D eigenvalue weighted by Crippen LogP contribution is -2.44. The minimum atomic E-state index is -3.29. The molecule has 0 bridgehead atoms. The lowest BCUT2D eigenvalue weighted by atomic mass is 9.93. The lowest BCUT2D eigenvalue weighted by Gasteiger charge is -2.27. The molecule has 0 aromatic heterocycles. The highest BCUT2D eigenvalue weighted by atomic mass is 32.2. The topological polar surface area (TPSA) is 61.4 Å². The standard InChI is InChI=1S/C16H27N3O2S2/c1-11(2)15(12(3)4)18-16(22)17-13-8-7-9-14(10-13)19(5)23(6,20)21/h7-12,15H,1-6H3,(H2,17,18,22). The van der Waals surface area contributed by atoms with Gasteiger partial charge in [0.25, 0.3) is 0 Å². The normalized spacial score (nSPS) is 11.9. The van der Waals surface area contributed by atoms with E-state index in [0.29, 0.717) is 22.6 Å². The van der Waals surface area contributed by atoms with Crippen molar-refractivity contribution in [2.75, 3.05) is 22.9 Å². The summed E-state index contributed by atoms with van der Waals surface area (Å²) >= 11 is 5.38. The number of rotatable bonds is 6. The molecule has 0 atom stereocenters. The summed E-state index contributed by atoms with van der Waals surface area (Å²) in [7, 11) is -1.76. The van der Waals surface area contributed by atoms with Crippen molar-refractivity contribution >= 4 is 38.7 Å². The average molecular weight is 358 g/mol. The smallest absolute Gasteiger partial charge is 0.231 e. The van der Waals surface area contributed by atoms with Crippen LogP contribution in [-0.2, 0) is 10.0 Å². The van der Waals surface area contributed by atoms with Crippen molar-refractivity contribution in [1.29, 1.82) is 0 Å². The zero-order valence-corrected chi connectivity index (χ0v) is 16.3. The van der Waals surface area contributed by atoms with E-state index in [1.807, 2.05) is 6.07 Å². The summed E-state index contributed by atoms with van der Waals surface area (Å²) in [4.78, 5) is 0. The monoisotopic (exact) mass is 357 g/mol. The van der Waals surface area contributed by atoms with E-state index in [2.05, 4.69) is 38.3 Å². The highest BCUT2D eigenvalue weighted by molar-refractivity contribution is 7.92. The fraction of sp³-hybridized carbons (Fsp3) is 0.562. The summed E-state index contributed by atoms with van der Waals surface area (Å²) in [6.07, 6.45) is 1.18. The molecular weight excluding hydrogens is 330 g/mol. The second kappa shape index (κ2) is 7.97. The second-order valence-electron chi connectivity index (χ2n) is 6.39. The third-order valence-corrected chi connectivity index (χ3v) is 5.12. The molecule has 0 heterocycles. The molecular formula is C16H27N3O2S2. The maximum absolute atomic E-state index is 11.6. The molecule has 0 aliphatic heterocycles. The highest BCUT2D eigenvalue weighted by Gasteiger charge is 2.18. The summed E-state index contributed by atoms with van der Waals surface area (Å²) in [6.45, 7) is 8.62. The third kappa shape index (κ3) is 5.99. The van der Waals surface area contributed by atoms with Gasteiger partial charge in [0.05, 0.1) is 11.9 Å². The fourth-order valence-corrected chi connectivity index (χ4v) is 3.14. The predicted octanol–water partition coefficient (Wildman–Crippen LogP) is 3.05. The van der Waals surface area contributed by atoms with Crippen LogP contribution < -0.4 is 14.9 Å². The van der Waals surface area contributed by atoms with Crippen molar-refractivity contribution in [3.63, 3.8) is 0 Å². The zero-order valence-electron chi connectivity index (χ0n) is 14.6. The van der Waals surface area contributed by atoms with Gasteiger partial charge in [0.2, 0.25) is 10.0 Å². The molecule has 1 rings (SSSR count). The van der Waals surface area contributed by atoms with Gasteiger partial charge in [0.1, 0.15) is 0 Å². The van der Waals surface area contributed by atoms with Gasteiger partial charge in [-0.05, 0) is 42.3 Å².